The minimum absolute atomic E-state index is 0.483. The lowest BCUT2D eigenvalue weighted by Gasteiger charge is -2.40. The molecule has 1 saturated heterocycles. The van der Waals surface area contributed by atoms with E-state index in [1.165, 1.54) is 11.1 Å². The topological polar surface area (TPSA) is 51.9 Å². The maximum atomic E-state index is 6.09. The Morgan fingerprint density at radius 1 is 1.15 bits per heavy atom. The summed E-state index contributed by atoms with van der Waals surface area (Å²) >= 11 is 0. The summed E-state index contributed by atoms with van der Waals surface area (Å²) in [6.07, 6.45) is 6.96. The average Bonchev–Trinajstić information content (AvgIpc) is 3.38. The summed E-state index contributed by atoms with van der Waals surface area (Å²) < 4.78 is 7.69. The van der Waals surface area contributed by atoms with Crippen molar-refractivity contribution in [2.75, 3.05) is 13.7 Å². The van der Waals surface area contributed by atoms with Crippen LogP contribution in [0.5, 0.6) is 5.75 Å². The van der Waals surface area contributed by atoms with Crippen molar-refractivity contribution in [2.24, 2.45) is 11.1 Å². The summed E-state index contributed by atoms with van der Waals surface area (Å²) in [4.78, 5) is 12.7. The van der Waals surface area contributed by atoms with Gasteiger partial charge in [0.25, 0.3) is 0 Å². The second-order valence-corrected chi connectivity index (χ2v) is 9.30. The number of hydrogen-bond acceptors (Lipinski definition) is 5. The fourth-order valence-electron chi connectivity index (χ4n) is 4.71. The van der Waals surface area contributed by atoms with E-state index in [1.807, 2.05) is 24.0 Å². The van der Waals surface area contributed by atoms with Crippen LogP contribution in [0.25, 0.3) is 11.8 Å². The molecule has 1 fully saturated rings. The summed E-state index contributed by atoms with van der Waals surface area (Å²) in [6.45, 7) is 9.37. The van der Waals surface area contributed by atoms with Crippen molar-refractivity contribution in [1.29, 1.82) is 0 Å². The molecule has 1 aromatic heterocycles. The maximum Gasteiger partial charge on any atom is 0.234 e. The molecule has 6 heteroatoms. The Kier molecular flexibility index (Phi) is 5.23. The van der Waals surface area contributed by atoms with E-state index in [-0.39, 0.29) is 0 Å². The number of oxime groups is 1. The number of rotatable bonds is 4. The van der Waals surface area contributed by atoms with Crippen molar-refractivity contribution in [3.63, 3.8) is 0 Å². The number of hydrogen-bond donors (Lipinski definition) is 0. The smallest absolute Gasteiger partial charge is 0.234 e. The number of piperidine rings is 1. The van der Waals surface area contributed by atoms with Gasteiger partial charge in [-0.25, -0.2) is 4.98 Å². The Labute approximate surface area is 195 Å². The van der Waals surface area contributed by atoms with Crippen LogP contribution in [0.4, 0.5) is 0 Å². The van der Waals surface area contributed by atoms with Gasteiger partial charge in [0.15, 0.2) is 5.84 Å². The Balaban J connectivity index is 1.48. The molecule has 3 aromatic rings. The molecule has 2 atom stereocenters. The number of aromatic nitrogens is 2. The molecule has 0 N–H and O–H groups in total. The van der Waals surface area contributed by atoms with Gasteiger partial charge in [-0.1, -0.05) is 48.0 Å². The normalized spacial score (nSPS) is 23.3. The molecule has 33 heavy (non-hydrogen) atoms. The van der Waals surface area contributed by atoms with Gasteiger partial charge >= 0.3 is 0 Å². The zero-order valence-electron chi connectivity index (χ0n) is 19.9. The highest BCUT2D eigenvalue weighted by molar-refractivity contribution is 6.03. The van der Waals surface area contributed by atoms with Gasteiger partial charge in [0.1, 0.15) is 5.75 Å². The number of methoxy groups -OCH3 is 1. The Hall–Kier alpha value is -3.54. The van der Waals surface area contributed by atoms with Crippen LogP contribution >= 0.6 is 0 Å². The van der Waals surface area contributed by atoms with Crippen molar-refractivity contribution in [3.05, 3.63) is 82.9 Å². The van der Waals surface area contributed by atoms with Gasteiger partial charge in [-0.05, 0) is 55.5 Å². The van der Waals surface area contributed by atoms with Crippen LogP contribution in [0.2, 0.25) is 0 Å². The number of amidine groups is 1. The molecule has 6 nitrogen and oxygen atoms in total. The van der Waals surface area contributed by atoms with Crippen molar-refractivity contribution >= 4 is 11.9 Å². The lowest BCUT2D eigenvalue weighted by Crippen LogP contribution is -2.49. The van der Waals surface area contributed by atoms with Gasteiger partial charge in [0.2, 0.25) is 5.72 Å². The lowest BCUT2D eigenvalue weighted by atomic mass is 9.90. The number of fused-ring (bicyclic) bond motifs is 1. The quantitative estimate of drug-likeness (QED) is 0.540. The molecule has 5 rings (SSSR count). The minimum Gasteiger partial charge on any atom is -0.495 e. The molecule has 0 amide bonds. The maximum absolute atomic E-state index is 6.09. The molecular weight excluding hydrogens is 412 g/mol. The molecule has 0 radical (unpaired) electrons. The second-order valence-electron chi connectivity index (χ2n) is 9.30. The van der Waals surface area contributed by atoms with Crippen LogP contribution in [0.1, 0.15) is 42.7 Å². The fourth-order valence-corrected chi connectivity index (χ4v) is 4.71. The van der Waals surface area contributed by atoms with E-state index < -0.39 is 5.72 Å². The van der Waals surface area contributed by atoms with Crippen LogP contribution in [0, 0.1) is 19.8 Å². The number of imidazole rings is 1. The molecule has 2 aromatic carbocycles. The van der Waals surface area contributed by atoms with E-state index in [0.29, 0.717) is 5.92 Å². The highest BCUT2D eigenvalue weighted by atomic mass is 16.7. The van der Waals surface area contributed by atoms with Crippen molar-refractivity contribution < 1.29 is 9.57 Å². The Morgan fingerprint density at radius 2 is 1.94 bits per heavy atom. The minimum atomic E-state index is -0.600. The highest BCUT2D eigenvalue weighted by Crippen LogP contribution is 2.41. The van der Waals surface area contributed by atoms with Crippen molar-refractivity contribution in [3.8, 4) is 11.4 Å². The fraction of sp³-hybridized carbons (Fsp3) is 0.333. The summed E-state index contributed by atoms with van der Waals surface area (Å²) in [7, 11) is 1.70. The largest absolute Gasteiger partial charge is 0.495 e. The van der Waals surface area contributed by atoms with Gasteiger partial charge in [-0.15, -0.1) is 0 Å². The van der Waals surface area contributed by atoms with Crippen LogP contribution in [-0.2, 0) is 10.6 Å². The highest BCUT2D eigenvalue weighted by Gasteiger charge is 2.47. The summed E-state index contributed by atoms with van der Waals surface area (Å²) in [5, 5.41) is 4.56. The number of ether oxygens (including phenoxy) is 1. The first kappa shape index (κ1) is 21.3. The third-order valence-electron chi connectivity index (χ3n) is 6.55. The first-order valence-electron chi connectivity index (χ1n) is 11.4. The van der Waals surface area contributed by atoms with Gasteiger partial charge in [-0.2, -0.15) is 0 Å². The summed E-state index contributed by atoms with van der Waals surface area (Å²) in [5.41, 5.74) is 5.93. The lowest BCUT2D eigenvalue weighted by molar-refractivity contribution is -0.0948. The van der Waals surface area contributed by atoms with Crippen molar-refractivity contribution in [1.82, 2.24) is 14.5 Å². The van der Waals surface area contributed by atoms with E-state index in [1.54, 1.807) is 7.11 Å². The van der Waals surface area contributed by atoms with E-state index in [9.17, 15) is 0 Å². The third-order valence-corrected chi connectivity index (χ3v) is 6.55. The van der Waals surface area contributed by atoms with Gasteiger partial charge < -0.3 is 19.0 Å². The Morgan fingerprint density at radius 3 is 2.64 bits per heavy atom. The molecule has 2 aliphatic heterocycles. The molecule has 0 bridgehead atoms. The van der Waals surface area contributed by atoms with Gasteiger partial charge in [-0.3, -0.25) is 0 Å². The third kappa shape index (κ3) is 3.80. The molecule has 0 spiro atoms. The zero-order valence-corrected chi connectivity index (χ0v) is 19.9. The first-order valence-corrected chi connectivity index (χ1v) is 11.4. The molecular formula is C27H30N4O2. The van der Waals surface area contributed by atoms with Gasteiger partial charge in [0.05, 0.1) is 24.8 Å². The van der Waals surface area contributed by atoms with Gasteiger partial charge in [0, 0.05) is 25.2 Å². The standard InChI is InChI=1S/C27H30N4O2/c1-18-6-9-23(10-7-18)27(4)31-15-19(2)12-22(26(31)29-33-27)13-21-8-11-24(25(14-21)32-5)30-16-20(3)28-17-30/h6-11,13-14,16-17,19H,12,15H2,1-5H3/b22-13+/t19-,27?/m1/s1. The summed E-state index contributed by atoms with van der Waals surface area (Å²) in [5.74, 6) is 2.21. The predicted octanol–water partition coefficient (Wildman–Crippen LogP) is 5.44. The van der Waals surface area contributed by atoms with Crippen LogP contribution in [0.15, 0.2) is 65.7 Å². The summed E-state index contributed by atoms with van der Waals surface area (Å²) in [6, 6.07) is 14.8. The molecule has 2 aliphatic rings. The monoisotopic (exact) mass is 442 g/mol. The van der Waals surface area contributed by atoms with Crippen molar-refractivity contribution in [2.45, 2.75) is 39.8 Å². The Bertz CT molecular complexity index is 1240. The molecule has 0 aliphatic carbocycles. The predicted molar refractivity (Wildman–Crippen MR) is 130 cm³/mol. The molecule has 170 valence electrons. The van der Waals surface area contributed by atoms with Crippen LogP contribution in [0.3, 0.4) is 0 Å². The number of benzene rings is 2. The van der Waals surface area contributed by atoms with E-state index in [2.05, 4.69) is 84.4 Å². The van der Waals surface area contributed by atoms with Crippen LogP contribution < -0.4 is 4.74 Å². The zero-order chi connectivity index (χ0) is 23.2. The molecule has 3 heterocycles. The molecule has 0 saturated carbocycles. The second kappa shape index (κ2) is 8.10. The molecule has 1 unspecified atom stereocenters. The van der Waals surface area contributed by atoms with E-state index >= 15 is 0 Å². The number of aryl methyl sites for hydroxylation is 2. The SMILES string of the molecule is COc1cc(/C=C2\C[C@@H](C)CN3C2=NOC3(C)c2ccc(C)cc2)ccc1-n1cnc(C)c1. The van der Waals surface area contributed by atoms with E-state index in [0.717, 1.165) is 47.1 Å². The first-order chi connectivity index (χ1) is 15.9. The number of nitrogens with zero attached hydrogens (tertiary/aromatic N) is 4. The van der Waals surface area contributed by atoms with Crippen LogP contribution in [-0.4, -0.2) is 33.9 Å². The van der Waals surface area contributed by atoms with E-state index in [4.69, 9.17) is 9.57 Å². The average molecular weight is 443 g/mol.